The van der Waals surface area contributed by atoms with Crippen LogP contribution in [-0.4, -0.2) is 124 Å². The number of methoxy groups -OCH3 is 1. The van der Waals surface area contributed by atoms with Gasteiger partial charge in [0.2, 0.25) is 5.78 Å². The molecule has 2 aromatic rings. The van der Waals surface area contributed by atoms with E-state index in [1.807, 2.05) is 4.90 Å². The highest BCUT2D eigenvalue weighted by molar-refractivity contribution is 6.31. The van der Waals surface area contributed by atoms with Crippen molar-refractivity contribution in [3.63, 3.8) is 0 Å². The van der Waals surface area contributed by atoms with E-state index in [0.29, 0.717) is 26.3 Å². The van der Waals surface area contributed by atoms with Crippen molar-refractivity contribution in [2.75, 3.05) is 40.0 Å². The van der Waals surface area contributed by atoms with Crippen molar-refractivity contribution < 1.29 is 58.9 Å². The second-order valence-electron chi connectivity index (χ2n) is 12.0. The molecule has 2 aliphatic carbocycles. The maximum absolute atomic E-state index is 13.8. The molecule has 246 valence electrons. The quantitative estimate of drug-likeness (QED) is 0.135. The van der Waals surface area contributed by atoms with Crippen molar-refractivity contribution in [3.8, 4) is 17.2 Å². The summed E-state index contributed by atoms with van der Waals surface area (Å²) in [5, 5.41) is 55.1. The van der Waals surface area contributed by atoms with Gasteiger partial charge in [0.25, 0.3) is 0 Å². The number of aliphatic hydroxyl groups is 3. The zero-order valence-corrected chi connectivity index (χ0v) is 25.3. The van der Waals surface area contributed by atoms with Gasteiger partial charge in [-0.3, -0.25) is 19.4 Å². The molecule has 6 rings (SSSR count). The van der Waals surface area contributed by atoms with Gasteiger partial charge in [-0.1, -0.05) is 12.1 Å². The first kappa shape index (κ1) is 32.0. The summed E-state index contributed by atoms with van der Waals surface area (Å²) in [7, 11) is 1.33. The Bertz CT molecular complexity index is 1600. The molecule has 14 nitrogen and oxygen atoms in total. The van der Waals surface area contributed by atoms with Crippen LogP contribution in [0.4, 0.5) is 0 Å². The minimum Gasteiger partial charge on any atom is -0.507 e. The molecular formula is C32H36N2O12. The minimum atomic E-state index is -2.26. The molecule has 46 heavy (non-hydrogen) atoms. The van der Waals surface area contributed by atoms with E-state index in [9.17, 15) is 39.9 Å². The summed E-state index contributed by atoms with van der Waals surface area (Å²) >= 11 is 0. The van der Waals surface area contributed by atoms with Crippen molar-refractivity contribution in [3.05, 3.63) is 51.6 Å². The number of phenols is 2. The van der Waals surface area contributed by atoms with Crippen LogP contribution in [0.1, 0.15) is 68.8 Å². The summed E-state index contributed by atoms with van der Waals surface area (Å²) in [6.45, 7) is 2.98. The molecule has 3 unspecified atom stereocenters. The smallest absolute Gasteiger partial charge is 0.202 e. The standard InChI is InChI=1S/C32H36N2O12/c1-15-27(37)18(33-14-34-6-8-44-9-7-34)10-22(45-15)46-20-12-32(42,21(36)13-35)11-17-24(20)31(41)26-25(29(17)39)28(38)16-4-3-5-19(43-2)23(16)30(26)40/h3-5,14-15,18,20,22,27,35,37,39,41-42H,6-13H2,1-2H3/t15?,18-,20-,22?,27+,32?/m0/s1. The molecule has 2 saturated heterocycles. The number of phenolic OH excluding ortho intramolecular Hbond substituents is 2. The second-order valence-corrected chi connectivity index (χ2v) is 12.0. The molecule has 0 saturated carbocycles. The fourth-order valence-corrected chi connectivity index (χ4v) is 6.71. The number of ketones is 3. The lowest BCUT2D eigenvalue weighted by Crippen LogP contribution is -2.50. The topological polar surface area (TPSA) is 205 Å². The average Bonchev–Trinajstić information content (AvgIpc) is 3.05. The number of carbonyl (C=O) groups excluding carboxylic acids is 3. The molecule has 0 aromatic heterocycles. The molecule has 0 bridgehead atoms. The van der Waals surface area contributed by atoms with Crippen molar-refractivity contribution in [2.45, 2.75) is 62.4 Å². The molecular weight excluding hydrogens is 604 g/mol. The Balaban J connectivity index is 1.40. The highest BCUT2D eigenvalue weighted by atomic mass is 16.7. The van der Waals surface area contributed by atoms with Crippen LogP contribution in [0.3, 0.4) is 0 Å². The number of hydrogen-bond donors (Lipinski definition) is 5. The van der Waals surface area contributed by atoms with Gasteiger partial charge in [0, 0.05) is 49.0 Å². The van der Waals surface area contributed by atoms with Crippen molar-refractivity contribution in [1.29, 1.82) is 0 Å². The lowest BCUT2D eigenvalue weighted by Gasteiger charge is -2.42. The van der Waals surface area contributed by atoms with Gasteiger partial charge in [-0.2, -0.15) is 0 Å². The number of nitrogens with zero attached hydrogens (tertiary/aromatic N) is 2. The van der Waals surface area contributed by atoms with Crippen molar-refractivity contribution in [2.24, 2.45) is 4.99 Å². The van der Waals surface area contributed by atoms with E-state index in [1.165, 1.54) is 25.3 Å². The van der Waals surface area contributed by atoms with E-state index < -0.39 is 95.7 Å². The minimum absolute atomic E-state index is 0.0459. The van der Waals surface area contributed by atoms with E-state index in [4.69, 9.17) is 18.9 Å². The van der Waals surface area contributed by atoms with Crippen LogP contribution in [0, 0.1) is 0 Å². The monoisotopic (exact) mass is 640 g/mol. The van der Waals surface area contributed by atoms with Crippen LogP contribution in [0.25, 0.3) is 0 Å². The van der Waals surface area contributed by atoms with Crippen LogP contribution in [-0.2, 0) is 25.4 Å². The number of benzene rings is 2. The highest BCUT2D eigenvalue weighted by Gasteiger charge is 2.50. The number of carbonyl (C=O) groups is 3. The average molecular weight is 641 g/mol. The van der Waals surface area contributed by atoms with Gasteiger partial charge in [-0.25, -0.2) is 0 Å². The molecule has 0 radical (unpaired) electrons. The number of ether oxygens (including phenoxy) is 4. The molecule has 0 amide bonds. The third-order valence-corrected chi connectivity index (χ3v) is 9.20. The molecule has 6 atom stereocenters. The predicted molar refractivity (Wildman–Crippen MR) is 158 cm³/mol. The maximum Gasteiger partial charge on any atom is 0.202 e. The molecule has 2 heterocycles. The Morgan fingerprint density at radius 3 is 2.54 bits per heavy atom. The largest absolute Gasteiger partial charge is 0.507 e. The van der Waals surface area contributed by atoms with E-state index in [2.05, 4.69) is 4.99 Å². The molecule has 4 aliphatic rings. The zero-order chi connectivity index (χ0) is 32.9. The van der Waals surface area contributed by atoms with Gasteiger partial charge in [-0.15, -0.1) is 0 Å². The van der Waals surface area contributed by atoms with E-state index in [1.54, 1.807) is 13.3 Å². The molecule has 0 spiro atoms. The summed E-state index contributed by atoms with van der Waals surface area (Å²) in [6, 6.07) is 3.73. The Hall–Kier alpha value is -3.92. The summed E-state index contributed by atoms with van der Waals surface area (Å²) in [4.78, 5) is 46.8. The van der Waals surface area contributed by atoms with Crippen LogP contribution < -0.4 is 4.74 Å². The summed E-state index contributed by atoms with van der Waals surface area (Å²) in [5.74, 6) is -3.77. The summed E-state index contributed by atoms with van der Waals surface area (Å²) in [6.07, 6.45) is -3.54. The number of aliphatic hydroxyl groups excluding tert-OH is 2. The van der Waals surface area contributed by atoms with E-state index in [-0.39, 0.29) is 34.4 Å². The van der Waals surface area contributed by atoms with Crippen LogP contribution in [0.15, 0.2) is 23.2 Å². The Kier molecular flexibility index (Phi) is 8.61. The summed E-state index contributed by atoms with van der Waals surface area (Å²) in [5.41, 5.74) is -3.64. The molecule has 2 aliphatic heterocycles. The Labute approximate surface area is 263 Å². The molecule has 5 N–H and O–H groups in total. The number of morpholine rings is 1. The van der Waals surface area contributed by atoms with Crippen molar-refractivity contribution in [1.82, 2.24) is 4.90 Å². The van der Waals surface area contributed by atoms with Crippen LogP contribution in [0.2, 0.25) is 0 Å². The third kappa shape index (κ3) is 5.34. The van der Waals surface area contributed by atoms with Gasteiger partial charge in [0.15, 0.2) is 17.9 Å². The fraction of sp³-hybridized carbons (Fsp3) is 0.500. The van der Waals surface area contributed by atoms with Gasteiger partial charge in [0.1, 0.15) is 35.6 Å². The second kappa shape index (κ2) is 12.4. The first-order valence-electron chi connectivity index (χ1n) is 15.1. The number of aliphatic imine (C=N–C) groups is 1. The third-order valence-electron chi connectivity index (χ3n) is 9.20. The Morgan fingerprint density at radius 1 is 1.13 bits per heavy atom. The van der Waals surface area contributed by atoms with Crippen LogP contribution in [0.5, 0.6) is 17.2 Å². The molecule has 2 fully saturated rings. The summed E-state index contributed by atoms with van der Waals surface area (Å²) < 4.78 is 22.8. The fourth-order valence-electron chi connectivity index (χ4n) is 6.71. The Morgan fingerprint density at radius 2 is 1.85 bits per heavy atom. The van der Waals surface area contributed by atoms with Crippen LogP contribution >= 0.6 is 0 Å². The molecule has 2 aromatic carbocycles. The SMILES string of the molecule is COc1cccc2c1C(=O)c1c(O)c3c(c(O)c1C2=O)CC(O)(C(=O)CO)C[C@@H]3OC1C[C@H](N=CN2CCOCC2)[C@H](O)C(C)O1. The number of aromatic hydroxyl groups is 2. The van der Waals surface area contributed by atoms with Gasteiger partial charge in [-0.05, 0) is 13.0 Å². The normalized spacial score (nSPS) is 29.3. The van der Waals surface area contributed by atoms with E-state index in [0.717, 1.165) is 0 Å². The first-order chi connectivity index (χ1) is 22.0. The number of rotatable bonds is 7. The number of hydrogen-bond acceptors (Lipinski definition) is 13. The number of Topliss-reactive ketones (excluding diaryl/α,β-unsaturated/α-hetero) is 1. The maximum atomic E-state index is 13.8. The van der Waals surface area contributed by atoms with Gasteiger partial charge < -0.3 is 49.4 Å². The van der Waals surface area contributed by atoms with Gasteiger partial charge >= 0.3 is 0 Å². The van der Waals surface area contributed by atoms with Gasteiger partial charge in [0.05, 0.1) is 61.6 Å². The molecule has 14 heteroatoms. The first-order valence-corrected chi connectivity index (χ1v) is 15.1. The predicted octanol–water partition coefficient (Wildman–Crippen LogP) is 0.403. The van der Waals surface area contributed by atoms with Crippen molar-refractivity contribution >= 4 is 23.7 Å². The van der Waals surface area contributed by atoms with E-state index >= 15 is 0 Å². The zero-order valence-electron chi connectivity index (χ0n) is 25.3. The number of fused-ring (bicyclic) bond motifs is 3. The lowest BCUT2D eigenvalue weighted by atomic mass is 9.72. The highest BCUT2D eigenvalue weighted by Crippen LogP contribution is 2.52. The lowest BCUT2D eigenvalue weighted by molar-refractivity contribution is -0.247.